The Bertz CT molecular complexity index is 699. The number of rotatable bonds is 5. The molecule has 0 aromatic heterocycles. The maximum absolute atomic E-state index is 14.2. The smallest absolute Gasteiger partial charge is 0.379 e. The zero-order valence-corrected chi connectivity index (χ0v) is 11.6. The molecule has 0 aliphatic heterocycles. The predicted octanol–water partition coefficient (Wildman–Crippen LogP) is 2.90. The molecule has 6 heteroatoms. The summed E-state index contributed by atoms with van der Waals surface area (Å²) in [5.74, 6) is -5.45. The SMILES string of the molecule is COC(=O)C(=O)c1c(F)ccc(OCc2ccccc2)c1F. The zero-order chi connectivity index (χ0) is 16.1. The second kappa shape index (κ2) is 6.80. The van der Waals surface area contributed by atoms with Gasteiger partial charge < -0.3 is 9.47 Å². The monoisotopic (exact) mass is 306 g/mol. The summed E-state index contributed by atoms with van der Waals surface area (Å²) in [6, 6.07) is 10.8. The van der Waals surface area contributed by atoms with Gasteiger partial charge in [0.25, 0.3) is 5.78 Å². The predicted molar refractivity (Wildman–Crippen MR) is 73.5 cm³/mol. The summed E-state index contributed by atoms with van der Waals surface area (Å²) in [6.45, 7) is 0.0370. The van der Waals surface area contributed by atoms with Gasteiger partial charge in [-0.05, 0) is 17.7 Å². The van der Waals surface area contributed by atoms with Crippen LogP contribution in [0.15, 0.2) is 42.5 Å². The van der Waals surface area contributed by atoms with Crippen molar-refractivity contribution in [3.63, 3.8) is 0 Å². The number of ether oxygens (including phenoxy) is 2. The summed E-state index contributed by atoms with van der Waals surface area (Å²) in [6.07, 6.45) is 0. The van der Waals surface area contributed by atoms with Gasteiger partial charge in [-0.1, -0.05) is 30.3 Å². The van der Waals surface area contributed by atoms with Crippen molar-refractivity contribution in [3.8, 4) is 5.75 Å². The molecule has 0 spiro atoms. The van der Waals surface area contributed by atoms with Crippen molar-refractivity contribution in [1.82, 2.24) is 0 Å². The lowest BCUT2D eigenvalue weighted by Crippen LogP contribution is -2.19. The van der Waals surface area contributed by atoms with Gasteiger partial charge in [0.1, 0.15) is 18.0 Å². The second-order valence-electron chi connectivity index (χ2n) is 4.33. The molecule has 0 fully saturated rings. The van der Waals surface area contributed by atoms with Crippen molar-refractivity contribution in [2.45, 2.75) is 6.61 Å². The van der Waals surface area contributed by atoms with Crippen LogP contribution in [-0.4, -0.2) is 18.9 Å². The summed E-state index contributed by atoms with van der Waals surface area (Å²) in [5.41, 5.74) is -0.218. The number of halogens is 2. The number of ketones is 1. The molecule has 22 heavy (non-hydrogen) atoms. The highest BCUT2D eigenvalue weighted by atomic mass is 19.1. The number of carbonyl (C=O) groups excluding carboxylic acids is 2. The van der Waals surface area contributed by atoms with Crippen molar-refractivity contribution < 1.29 is 27.8 Å². The number of methoxy groups -OCH3 is 1. The Morgan fingerprint density at radius 1 is 1.05 bits per heavy atom. The standard InChI is InChI=1S/C16H12F2O4/c1-21-16(20)15(19)13-11(17)7-8-12(14(13)18)22-9-10-5-3-2-4-6-10/h2-8H,9H2,1H3. The van der Waals surface area contributed by atoms with Crippen molar-refractivity contribution in [3.05, 3.63) is 65.2 Å². The minimum atomic E-state index is -1.40. The fourth-order valence-corrected chi connectivity index (χ4v) is 1.78. The van der Waals surface area contributed by atoms with Crippen LogP contribution in [0.5, 0.6) is 5.75 Å². The summed E-state index contributed by atoms with van der Waals surface area (Å²) in [4.78, 5) is 22.8. The molecule has 0 atom stereocenters. The topological polar surface area (TPSA) is 52.6 Å². The molecule has 0 amide bonds. The number of hydrogen-bond donors (Lipinski definition) is 0. The quantitative estimate of drug-likeness (QED) is 0.484. The molecule has 0 heterocycles. The Kier molecular flexibility index (Phi) is 4.83. The van der Waals surface area contributed by atoms with E-state index in [-0.39, 0.29) is 12.4 Å². The van der Waals surface area contributed by atoms with Crippen molar-refractivity contribution in [1.29, 1.82) is 0 Å². The molecular weight excluding hydrogens is 294 g/mol. The van der Waals surface area contributed by atoms with Gasteiger partial charge in [0, 0.05) is 0 Å². The summed E-state index contributed by atoms with van der Waals surface area (Å²) < 4.78 is 37.2. The lowest BCUT2D eigenvalue weighted by atomic mass is 10.1. The van der Waals surface area contributed by atoms with Gasteiger partial charge in [-0.15, -0.1) is 0 Å². The summed E-state index contributed by atoms with van der Waals surface area (Å²) in [5, 5.41) is 0. The van der Waals surface area contributed by atoms with E-state index in [9.17, 15) is 18.4 Å². The molecule has 0 bridgehead atoms. The van der Waals surface area contributed by atoms with Crippen LogP contribution in [0.2, 0.25) is 0 Å². The fraction of sp³-hybridized carbons (Fsp3) is 0.125. The van der Waals surface area contributed by atoms with Crippen LogP contribution in [0.3, 0.4) is 0 Å². The van der Waals surface area contributed by atoms with Crippen LogP contribution in [-0.2, 0) is 16.1 Å². The Labute approximate surface area is 125 Å². The van der Waals surface area contributed by atoms with Gasteiger partial charge in [0.2, 0.25) is 0 Å². The van der Waals surface area contributed by atoms with Crippen LogP contribution < -0.4 is 4.74 Å². The summed E-state index contributed by atoms with van der Waals surface area (Å²) in [7, 11) is 0.950. The van der Waals surface area contributed by atoms with Gasteiger partial charge in [0.15, 0.2) is 11.6 Å². The van der Waals surface area contributed by atoms with Crippen LogP contribution in [0.4, 0.5) is 8.78 Å². The molecule has 2 aromatic carbocycles. The first-order valence-corrected chi connectivity index (χ1v) is 6.32. The molecule has 4 nitrogen and oxygen atoms in total. The van der Waals surface area contributed by atoms with Gasteiger partial charge >= 0.3 is 5.97 Å². The number of carbonyl (C=O) groups is 2. The Morgan fingerprint density at radius 3 is 2.36 bits per heavy atom. The van der Waals surface area contributed by atoms with Crippen LogP contribution in [0, 0.1) is 11.6 Å². The molecule has 0 aliphatic carbocycles. The van der Waals surface area contributed by atoms with E-state index in [4.69, 9.17) is 4.74 Å². The van der Waals surface area contributed by atoms with Crippen LogP contribution in [0.25, 0.3) is 0 Å². The van der Waals surface area contributed by atoms with Gasteiger partial charge in [0.05, 0.1) is 7.11 Å². The van der Waals surface area contributed by atoms with E-state index >= 15 is 0 Å². The van der Waals surface area contributed by atoms with Gasteiger partial charge in [-0.3, -0.25) is 4.79 Å². The van der Waals surface area contributed by atoms with E-state index in [2.05, 4.69) is 4.74 Å². The first-order chi connectivity index (χ1) is 10.5. The van der Waals surface area contributed by atoms with Crippen LogP contribution in [0.1, 0.15) is 15.9 Å². The third-order valence-electron chi connectivity index (χ3n) is 2.89. The highest BCUT2D eigenvalue weighted by molar-refractivity contribution is 6.40. The van der Waals surface area contributed by atoms with Crippen LogP contribution >= 0.6 is 0 Å². The molecule has 0 saturated carbocycles. The van der Waals surface area contributed by atoms with E-state index in [1.54, 1.807) is 24.3 Å². The number of Topliss-reactive ketones (excluding diaryl/α,β-unsaturated/α-hetero) is 1. The molecule has 2 aromatic rings. The minimum absolute atomic E-state index is 0.0370. The first kappa shape index (κ1) is 15.6. The van der Waals surface area contributed by atoms with Gasteiger partial charge in [-0.2, -0.15) is 0 Å². The minimum Gasteiger partial charge on any atom is -0.486 e. The lowest BCUT2D eigenvalue weighted by molar-refractivity contribution is -0.135. The average Bonchev–Trinajstić information content (AvgIpc) is 2.54. The van der Waals surface area contributed by atoms with Crippen molar-refractivity contribution >= 4 is 11.8 Å². The molecule has 0 N–H and O–H groups in total. The van der Waals surface area contributed by atoms with E-state index < -0.39 is 29.0 Å². The zero-order valence-electron chi connectivity index (χ0n) is 11.6. The molecule has 0 aliphatic rings. The number of benzene rings is 2. The third kappa shape index (κ3) is 3.28. The maximum Gasteiger partial charge on any atom is 0.379 e. The largest absolute Gasteiger partial charge is 0.486 e. The number of hydrogen-bond acceptors (Lipinski definition) is 4. The molecule has 114 valence electrons. The molecule has 0 unspecified atom stereocenters. The normalized spacial score (nSPS) is 10.1. The van der Waals surface area contributed by atoms with Gasteiger partial charge in [-0.25, -0.2) is 13.6 Å². The number of esters is 1. The van der Waals surface area contributed by atoms with E-state index in [0.29, 0.717) is 0 Å². The highest BCUT2D eigenvalue weighted by Crippen LogP contribution is 2.25. The first-order valence-electron chi connectivity index (χ1n) is 6.32. The van der Waals surface area contributed by atoms with Crippen molar-refractivity contribution in [2.75, 3.05) is 7.11 Å². The highest BCUT2D eigenvalue weighted by Gasteiger charge is 2.27. The van der Waals surface area contributed by atoms with Crippen molar-refractivity contribution in [2.24, 2.45) is 0 Å². The van der Waals surface area contributed by atoms with E-state index in [0.717, 1.165) is 24.8 Å². The average molecular weight is 306 g/mol. The van der Waals surface area contributed by atoms with E-state index in [1.807, 2.05) is 6.07 Å². The second-order valence-corrected chi connectivity index (χ2v) is 4.33. The Hall–Kier alpha value is -2.76. The Morgan fingerprint density at radius 2 is 1.73 bits per heavy atom. The molecule has 0 radical (unpaired) electrons. The molecule has 0 saturated heterocycles. The lowest BCUT2D eigenvalue weighted by Gasteiger charge is -2.10. The summed E-state index contributed by atoms with van der Waals surface area (Å²) >= 11 is 0. The maximum atomic E-state index is 14.2. The fourth-order valence-electron chi connectivity index (χ4n) is 1.78. The Balaban J connectivity index is 2.27. The van der Waals surface area contributed by atoms with E-state index in [1.165, 1.54) is 0 Å². The molecule has 2 rings (SSSR count). The molecular formula is C16H12F2O4. The third-order valence-corrected chi connectivity index (χ3v) is 2.89.